The Bertz CT molecular complexity index is 1400. The molecule has 0 aliphatic rings. The van der Waals surface area contributed by atoms with Gasteiger partial charge in [-0.05, 0) is 51.1 Å². The minimum absolute atomic E-state index is 0.0428. The normalized spacial score (nSPS) is 11.2. The molecule has 4 nitrogen and oxygen atoms in total. The summed E-state index contributed by atoms with van der Waals surface area (Å²) in [6.07, 6.45) is 3.49. The maximum Gasteiger partial charge on any atom is 0.197 e. The van der Waals surface area contributed by atoms with E-state index in [1.165, 1.54) is 0 Å². The van der Waals surface area contributed by atoms with E-state index >= 15 is 0 Å². The van der Waals surface area contributed by atoms with Gasteiger partial charge in [-0.25, -0.2) is 0 Å². The third-order valence-electron chi connectivity index (χ3n) is 4.78. The minimum Gasteiger partial charge on any atom is -0.354 e. The Morgan fingerprint density at radius 3 is 2.19 bits per heavy atom. The van der Waals surface area contributed by atoms with Crippen molar-refractivity contribution in [1.82, 2.24) is 9.97 Å². The zero-order chi connectivity index (χ0) is 19.3. The van der Waals surface area contributed by atoms with Gasteiger partial charge in [-0.1, -0.05) is 29.9 Å². The summed E-state index contributed by atoms with van der Waals surface area (Å²) in [6, 6.07) is 9.26. The van der Waals surface area contributed by atoms with Crippen LogP contribution in [0.5, 0.6) is 0 Å². The van der Waals surface area contributed by atoms with Crippen molar-refractivity contribution in [1.29, 1.82) is 0 Å². The van der Waals surface area contributed by atoms with Gasteiger partial charge >= 0.3 is 0 Å². The SMILES string of the molecule is C=Cc1[nH]c2cc3c(=O)c4cc(C)ccc4[nH]c3cc2c(=O)c1C=C(C)C. The molecule has 0 saturated heterocycles. The van der Waals surface area contributed by atoms with Gasteiger partial charge in [0, 0.05) is 32.9 Å². The molecular formula is C23H20N2O2. The highest BCUT2D eigenvalue weighted by atomic mass is 16.1. The fourth-order valence-electron chi connectivity index (χ4n) is 3.50. The average molecular weight is 356 g/mol. The Hall–Kier alpha value is -3.40. The van der Waals surface area contributed by atoms with Crippen LogP contribution in [0.1, 0.15) is 30.7 Å². The second-order valence-electron chi connectivity index (χ2n) is 7.15. The first-order valence-electron chi connectivity index (χ1n) is 8.83. The Morgan fingerprint density at radius 1 is 0.889 bits per heavy atom. The molecule has 27 heavy (non-hydrogen) atoms. The van der Waals surface area contributed by atoms with Gasteiger partial charge in [-0.3, -0.25) is 9.59 Å². The molecule has 0 spiro atoms. The lowest BCUT2D eigenvalue weighted by Gasteiger charge is -2.09. The summed E-state index contributed by atoms with van der Waals surface area (Å²) < 4.78 is 0. The number of hydrogen-bond donors (Lipinski definition) is 2. The van der Waals surface area contributed by atoms with Crippen LogP contribution in [0.4, 0.5) is 0 Å². The molecule has 0 aliphatic carbocycles. The van der Waals surface area contributed by atoms with Crippen LogP contribution in [0.25, 0.3) is 44.9 Å². The van der Waals surface area contributed by atoms with Crippen LogP contribution in [0.15, 0.2) is 52.1 Å². The standard InChI is InChI=1S/C23H20N2O2/c1-5-18-14(8-12(2)3)22(26)16-11-21-17(10-20(16)24-18)23(27)15-9-13(4)6-7-19(15)25-21/h5-11H,1H2,2-4H3,(H,24,26)(H,25,27). The molecule has 0 fully saturated rings. The molecule has 2 aromatic heterocycles. The molecule has 0 radical (unpaired) electrons. The van der Waals surface area contributed by atoms with E-state index in [1.54, 1.807) is 18.2 Å². The van der Waals surface area contributed by atoms with E-state index in [2.05, 4.69) is 16.5 Å². The van der Waals surface area contributed by atoms with Crippen LogP contribution in [0, 0.1) is 6.92 Å². The zero-order valence-electron chi connectivity index (χ0n) is 15.6. The molecule has 2 aromatic carbocycles. The molecule has 0 saturated carbocycles. The molecule has 4 aromatic rings. The predicted molar refractivity (Wildman–Crippen MR) is 114 cm³/mol. The van der Waals surface area contributed by atoms with Crippen molar-refractivity contribution in [2.45, 2.75) is 20.8 Å². The highest BCUT2D eigenvalue weighted by Crippen LogP contribution is 2.22. The molecule has 0 aliphatic heterocycles. The average Bonchev–Trinajstić information content (AvgIpc) is 2.63. The second-order valence-corrected chi connectivity index (χ2v) is 7.15. The number of H-pyrrole nitrogens is 2. The van der Waals surface area contributed by atoms with Crippen molar-refractivity contribution < 1.29 is 0 Å². The van der Waals surface area contributed by atoms with E-state index in [-0.39, 0.29) is 10.9 Å². The Balaban J connectivity index is 2.19. The number of allylic oxidation sites excluding steroid dienone is 1. The molecule has 0 unspecified atom stereocenters. The summed E-state index contributed by atoms with van der Waals surface area (Å²) in [7, 11) is 0. The van der Waals surface area contributed by atoms with Gasteiger partial charge in [0.05, 0.1) is 11.0 Å². The first-order chi connectivity index (χ1) is 12.9. The van der Waals surface area contributed by atoms with Gasteiger partial charge in [-0.15, -0.1) is 0 Å². The molecule has 0 amide bonds. The Labute approximate surface area is 155 Å². The van der Waals surface area contributed by atoms with Crippen LogP contribution >= 0.6 is 0 Å². The minimum atomic E-state index is -0.0772. The number of pyridine rings is 2. The third kappa shape index (κ3) is 2.70. The van der Waals surface area contributed by atoms with Gasteiger partial charge < -0.3 is 9.97 Å². The van der Waals surface area contributed by atoms with Gasteiger partial charge in [0.15, 0.2) is 10.9 Å². The van der Waals surface area contributed by atoms with Crippen molar-refractivity contribution in [3.63, 3.8) is 0 Å². The summed E-state index contributed by atoms with van der Waals surface area (Å²) in [4.78, 5) is 32.6. The first kappa shape index (κ1) is 17.0. The lowest BCUT2D eigenvalue weighted by atomic mass is 10.0. The summed E-state index contributed by atoms with van der Waals surface area (Å²) in [6.45, 7) is 9.66. The molecule has 134 valence electrons. The largest absolute Gasteiger partial charge is 0.354 e. The molecular weight excluding hydrogens is 336 g/mol. The summed E-state index contributed by atoms with van der Waals surface area (Å²) >= 11 is 0. The molecule has 2 N–H and O–H groups in total. The number of fused-ring (bicyclic) bond motifs is 3. The number of benzene rings is 2. The lowest BCUT2D eigenvalue weighted by molar-refractivity contribution is 1.32. The monoisotopic (exact) mass is 356 g/mol. The van der Waals surface area contributed by atoms with Crippen LogP contribution in [-0.4, -0.2) is 9.97 Å². The summed E-state index contributed by atoms with van der Waals surface area (Å²) in [5.41, 5.74) is 5.22. The molecule has 4 heteroatoms. The fourth-order valence-corrected chi connectivity index (χ4v) is 3.50. The topological polar surface area (TPSA) is 65.7 Å². The quantitative estimate of drug-likeness (QED) is 0.502. The van der Waals surface area contributed by atoms with Crippen LogP contribution in [0.3, 0.4) is 0 Å². The number of rotatable bonds is 2. The number of aryl methyl sites for hydroxylation is 1. The number of aromatic nitrogens is 2. The van der Waals surface area contributed by atoms with Crippen molar-refractivity contribution in [2.75, 3.05) is 0 Å². The van der Waals surface area contributed by atoms with E-state index in [1.807, 2.05) is 45.0 Å². The first-order valence-corrected chi connectivity index (χ1v) is 8.83. The van der Waals surface area contributed by atoms with E-state index in [0.717, 1.165) is 16.7 Å². The van der Waals surface area contributed by atoms with Gasteiger partial charge in [0.1, 0.15) is 0 Å². The van der Waals surface area contributed by atoms with E-state index in [0.29, 0.717) is 38.4 Å². The smallest absolute Gasteiger partial charge is 0.197 e. The number of nitrogens with one attached hydrogen (secondary N) is 2. The number of aromatic amines is 2. The van der Waals surface area contributed by atoms with Crippen LogP contribution < -0.4 is 10.9 Å². The fraction of sp³-hybridized carbons (Fsp3) is 0.130. The second kappa shape index (κ2) is 6.09. The highest BCUT2D eigenvalue weighted by Gasteiger charge is 2.12. The maximum atomic E-state index is 13.1. The molecule has 0 atom stereocenters. The zero-order valence-corrected chi connectivity index (χ0v) is 15.6. The van der Waals surface area contributed by atoms with E-state index in [9.17, 15) is 9.59 Å². The van der Waals surface area contributed by atoms with E-state index in [4.69, 9.17) is 0 Å². The van der Waals surface area contributed by atoms with Gasteiger partial charge in [0.2, 0.25) is 0 Å². The summed E-state index contributed by atoms with van der Waals surface area (Å²) in [5, 5.41) is 1.75. The maximum absolute atomic E-state index is 13.1. The Kier molecular flexibility index (Phi) is 3.84. The van der Waals surface area contributed by atoms with Crippen LogP contribution in [-0.2, 0) is 0 Å². The van der Waals surface area contributed by atoms with Gasteiger partial charge in [0.25, 0.3) is 0 Å². The van der Waals surface area contributed by atoms with Crippen molar-refractivity contribution in [3.05, 3.63) is 79.8 Å². The molecule has 4 rings (SSSR count). The Morgan fingerprint density at radius 2 is 1.52 bits per heavy atom. The third-order valence-corrected chi connectivity index (χ3v) is 4.78. The van der Waals surface area contributed by atoms with Crippen LogP contribution in [0.2, 0.25) is 0 Å². The summed E-state index contributed by atoms with van der Waals surface area (Å²) in [5.74, 6) is 0. The van der Waals surface area contributed by atoms with Crippen molar-refractivity contribution in [3.8, 4) is 0 Å². The number of hydrogen-bond acceptors (Lipinski definition) is 2. The van der Waals surface area contributed by atoms with E-state index < -0.39 is 0 Å². The van der Waals surface area contributed by atoms with Crippen molar-refractivity contribution >= 4 is 44.9 Å². The predicted octanol–water partition coefficient (Wildman–Crippen LogP) is 4.90. The molecule has 0 bridgehead atoms. The van der Waals surface area contributed by atoms with Crippen molar-refractivity contribution in [2.24, 2.45) is 0 Å². The highest BCUT2D eigenvalue weighted by molar-refractivity contribution is 6.00. The lowest BCUT2D eigenvalue weighted by Crippen LogP contribution is -2.12. The molecule has 2 heterocycles. The van der Waals surface area contributed by atoms with Gasteiger partial charge in [-0.2, -0.15) is 0 Å².